The lowest BCUT2D eigenvalue weighted by molar-refractivity contribution is 0.162. The molecule has 1 aliphatic rings. The van der Waals surface area contributed by atoms with E-state index in [1.165, 1.54) is 0 Å². The van der Waals surface area contributed by atoms with E-state index in [-0.39, 0.29) is 6.79 Å². The number of anilines is 1. The molecule has 1 aromatic rings. The van der Waals surface area contributed by atoms with Gasteiger partial charge in [-0.1, -0.05) is 6.92 Å². The van der Waals surface area contributed by atoms with Crippen molar-refractivity contribution in [3.05, 3.63) is 0 Å². The quantitative estimate of drug-likeness (QED) is 0.704. The Bertz CT molecular complexity index is 295. The summed E-state index contributed by atoms with van der Waals surface area (Å²) in [5, 5.41) is 4.07. The van der Waals surface area contributed by atoms with Gasteiger partial charge in [0.2, 0.25) is 12.5 Å². The summed E-state index contributed by atoms with van der Waals surface area (Å²) in [6.07, 6.45) is 0.997. The van der Waals surface area contributed by atoms with Crippen molar-refractivity contribution in [2.75, 3.05) is 12.5 Å². The first-order chi connectivity index (χ1) is 5.83. The van der Waals surface area contributed by atoms with Gasteiger partial charge in [0.05, 0.1) is 0 Å². The lowest BCUT2D eigenvalue weighted by Gasteiger charge is -2.00. The number of aromatic nitrogens is 2. The van der Waals surface area contributed by atoms with Crippen LogP contribution in [0.2, 0.25) is 0 Å². The monoisotopic (exact) mass is 169 g/mol. The summed E-state index contributed by atoms with van der Waals surface area (Å²) < 4.78 is 12.1. The van der Waals surface area contributed by atoms with E-state index in [0.29, 0.717) is 17.4 Å². The molecule has 0 aliphatic carbocycles. The van der Waals surface area contributed by atoms with Crippen molar-refractivity contribution in [1.82, 2.24) is 9.78 Å². The van der Waals surface area contributed by atoms with Gasteiger partial charge in [-0.2, -0.15) is 0 Å². The van der Waals surface area contributed by atoms with Crippen molar-refractivity contribution in [3.63, 3.8) is 0 Å². The van der Waals surface area contributed by atoms with Gasteiger partial charge in [-0.25, -0.2) is 4.68 Å². The first kappa shape index (κ1) is 7.27. The van der Waals surface area contributed by atoms with E-state index in [9.17, 15) is 0 Å². The SMILES string of the molecule is CCCn1nc(N)c2c1OCO2. The standard InChI is InChI=1S/C7H11N3O2/c1-2-3-10-7-5(6(8)9-10)11-4-12-7/h2-4H2,1H3,(H2,8,9). The van der Waals surface area contributed by atoms with Gasteiger partial charge in [-0.15, -0.1) is 5.10 Å². The highest BCUT2D eigenvalue weighted by Crippen LogP contribution is 2.37. The molecule has 0 radical (unpaired) electrons. The lowest BCUT2D eigenvalue weighted by Crippen LogP contribution is -2.05. The van der Waals surface area contributed by atoms with Crippen molar-refractivity contribution in [3.8, 4) is 11.6 Å². The number of nitrogens with two attached hydrogens (primary N) is 1. The van der Waals surface area contributed by atoms with E-state index in [1.54, 1.807) is 4.68 Å². The summed E-state index contributed by atoms with van der Waals surface area (Å²) in [6.45, 7) is 3.13. The van der Waals surface area contributed by atoms with Crippen LogP contribution in [0.15, 0.2) is 0 Å². The molecule has 1 aromatic heterocycles. The lowest BCUT2D eigenvalue weighted by atomic mass is 10.5. The Kier molecular flexibility index (Phi) is 1.56. The van der Waals surface area contributed by atoms with Crippen LogP contribution in [0.3, 0.4) is 0 Å². The Hall–Kier alpha value is -1.39. The maximum atomic E-state index is 5.59. The van der Waals surface area contributed by atoms with E-state index in [1.807, 2.05) is 0 Å². The topological polar surface area (TPSA) is 62.3 Å². The van der Waals surface area contributed by atoms with Gasteiger partial charge in [-0.05, 0) is 6.42 Å². The van der Waals surface area contributed by atoms with Crippen LogP contribution in [-0.4, -0.2) is 16.6 Å². The average Bonchev–Trinajstić information content (AvgIpc) is 2.58. The third-order valence-corrected chi connectivity index (χ3v) is 1.72. The zero-order valence-electron chi connectivity index (χ0n) is 6.91. The number of nitrogens with zero attached hydrogens (tertiary/aromatic N) is 2. The molecular formula is C7H11N3O2. The molecule has 66 valence electrons. The summed E-state index contributed by atoms with van der Waals surface area (Å²) in [4.78, 5) is 0. The third kappa shape index (κ3) is 0.895. The molecule has 2 N–H and O–H groups in total. The Morgan fingerprint density at radius 2 is 2.42 bits per heavy atom. The minimum atomic E-state index is 0.251. The summed E-state index contributed by atoms with van der Waals surface area (Å²) in [6, 6.07) is 0. The van der Waals surface area contributed by atoms with Crippen LogP contribution >= 0.6 is 0 Å². The molecule has 2 heterocycles. The zero-order valence-corrected chi connectivity index (χ0v) is 6.91. The second-order valence-corrected chi connectivity index (χ2v) is 2.65. The van der Waals surface area contributed by atoms with Crippen LogP contribution in [0.25, 0.3) is 0 Å². The number of fused-ring (bicyclic) bond motifs is 1. The van der Waals surface area contributed by atoms with Crippen LogP contribution in [0.4, 0.5) is 5.82 Å². The fourth-order valence-corrected chi connectivity index (χ4v) is 1.23. The molecule has 1 aliphatic heterocycles. The number of aryl methyl sites for hydroxylation is 1. The normalized spacial score (nSPS) is 13.8. The molecule has 0 saturated carbocycles. The Morgan fingerprint density at radius 1 is 1.58 bits per heavy atom. The van der Waals surface area contributed by atoms with Crippen molar-refractivity contribution >= 4 is 5.82 Å². The van der Waals surface area contributed by atoms with E-state index in [2.05, 4.69) is 12.0 Å². The van der Waals surface area contributed by atoms with Crippen molar-refractivity contribution in [2.24, 2.45) is 0 Å². The Labute approximate surface area is 70.1 Å². The van der Waals surface area contributed by atoms with Crippen molar-refractivity contribution in [1.29, 1.82) is 0 Å². The predicted molar refractivity (Wildman–Crippen MR) is 43.1 cm³/mol. The summed E-state index contributed by atoms with van der Waals surface area (Å²) in [7, 11) is 0. The van der Waals surface area contributed by atoms with Gasteiger partial charge in [0.1, 0.15) is 0 Å². The maximum Gasteiger partial charge on any atom is 0.261 e. The number of rotatable bonds is 2. The molecule has 0 fully saturated rings. The molecule has 5 nitrogen and oxygen atoms in total. The van der Waals surface area contributed by atoms with Crippen molar-refractivity contribution in [2.45, 2.75) is 19.9 Å². The molecule has 0 amide bonds. The minimum absolute atomic E-state index is 0.251. The van der Waals surface area contributed by atoms with Gasteiger partial charge < -0.3 is 15.2 Å². The molecule has 0 atom stereocenters. The molecule has 2 rings (SSSR count). The van der Waals surface area contributed by atoms with E-state index in [4.69, 9.17) is 15.2 Å². The molecule has 5 heteroatoms. The van der Waals surface area contributed by atoms with E-state index < -0.39 is 0 Å². The predicted octanol–water partition coefficient (Wildman–Crippen LogP) is 0.604. The number of hydrogen-bond acceptors (Lipinski definition) is 4. The van der Waals surface area contributed by atoms with E-state index in [0.717, 1.165) is 13.0 Å². The summed E-state index contributed by atoms with van der Waals surface area (Å²) in [5.74, 6) is 1.66. The number of ether oxygens (including phenoxy) is 2. The highest BCUT2D eigenvalue weighted by atomic mass is 16.7. The highest BCUT2D eigenvalue weighted by Gasteiger charge is 2.23. The largest absolute Gasteiger partial charge is 0.448 e. The van der Waals surface area contributed by atoms with Gasteiger partial charge in [0.25, 0.3) is 5.88 Å². The second kappa shape index (κ2) is 2.58. The second-order valence-electron chi connectivity index (χ2n) is 2.65. The smallest absolute Gasteiger partial charge is 0.261 e. The van der Waals surface area contributed by atoms with Crippen molar-refractivity contribution < 1.29 is 9.47 Å². The van der Waals surface area contributed by atoms with Gasteiger partial charge in [0.15, 0.2) is 5.82 Å². The van der Waals surface area contributed by atoms with Crippen LogP contribution < -0.4 is 15.2 Å². The summed E-state index contributed by atoms with van der Waals surface area (Å²) in [5.41, 5.74) is 5.59. The third-order valence-electron chi connectivity index (χ3n) is 1.72. The first-order valence-corrected chi connectivity index (χ1v) is 3.94. The summed E-state index contributed by atoms with van der Waals surface area (Å²) >= 11 is 0. The molecule has 0 bridgehead atoms. The maximum absolute atomic E-state index is 5.59. The Balaban J connectivity index is 2.37. The Morgan fingerprint density at radius 3 is 3.17 bits per heavy atom. The van der Waals surface area contributed by atoms with Gasteiger partial charge in [0, 0.05) is 6.54 Å². The highest BCUT2D eigenvalue weighted by molar-refractivity contribution is 5.54. The fourth-order valence-electron chi connectivity index (χ4n) is 1.23. The van der Waals surface area contributed by atoms with Gasteiger partial charge in [-0.3, -0.25) is 0 Å². The molecule has 12 heavy (non-hydrogen) atoms. The minimum Gasteiger partial charge on any atom is -0.448 e. The van der Waals surface area contributed by atoms with E-state index >= 15 is 0 Å². The van der Waals surface area contributed by atoms with Crippen LogP contribution in [0, 0.1) is 0 Å². The zero-order chi connectivity index (χ0) is 8.55. The molecule has 0 spiro atoms. The van der Waals surface area contributed by atoms with Gasteiger partial charge >= 0.3 is 0 Å². The molecule has 0 aromatic carbocycles. The molecule has 0 unspecified atom stereocenters. The van der Waals surface area contributed by atoms with Crippen LogP contribution in [0.1, 0.15) is 13.3 Å². The fraction of sp³-hybridized carbons (Fsp3) is 0.571. The van der Waals surface area contributed by atoms with Crippen LogP contribution in [0.5, 0.6) is 11.6 Å². The average molecular weight is 169 g/mol. The van der Waals surface area contributed by atoms with Crippen LogP contribution in [-0.2, 0) is 6.54 Å². The number of hydrogen-bond donors (Lipinski definition) is 1. The number of nitrogen functional groups attached to an aromatic ring is 1. The molecule has 0 saturated heterocycles. The molecular weight excluding hydrogens is 158 g/mol. The first-order valence-electron chi connectivity index (χ1n) is 3.94.